The first kappa shape index (κ1) is 19.2. The van der Waals surface area contributed by atoms with Crippen LogP contribution in [0.2, 0.25) is 0 Å². The van der Waals surface area contributed by atoms with Crippen molar-refractivity contribution in [3.63, 3.8) is 0 Å². The topological polar surface area (TPSA) is 107 Å². The first-order chi connectivity index (χ1) is 14.0. The molecule has 29 heavy (non-hydrogen) atoms. The minimum absolute atomic E-state index is 0.120. The largest absolute Gasteiger partial charge is 0.467 e. The van der Waals surface area contributed by atoms with Crippen LogP contribution in [0.15, 0.2) is 57.4 Å². The number of aryl methyl sites for hydroxylation is 1. The zero-order valence-electron chi connectivity index (χ0n) is 15.9. The summed E-state index contributed by atoms with van der Waals surface area (Å²) in [7, 11) is 1.76. The number of benzene rings is 1. The molecule has 0 aliphatic heterocycles. The maximum absolute atomic E-state index is 13.2. The molecule has 1 aromatic carbocycles. The van der Waals surface area contributed by atoms with E-state index in [4.69, 9.17) is 4.42 Å². The van der Waals surface area contributed by atoms with Crippen LogP contribution in [-0.2, 0) is 7.05 Å². The average molecular weight is 413 g/mol. The average Bonchev–Trinajstić information content (AvgIpc) is 3.21. The van der Waals surface area contributed by atoms with Gasteiger partial charge >= 0.3 is 0 Å². The van der Waals surface area contributed by atoms with Crippen LogP contribution < -0.4 is 0 Å². The van der Waals surface area contributed by atoms with Gasteiger partial charge < -0.3 is 13.9 Å². The molecule has 4 rings (SSSR count). The molecule has 2 heterocycles. The van der Waals surface area contributed by atoms with Crippen molar-refractivity contribution >= 4 is 23.4 Å². The lowest BCUT2D eigenvalue weighted by atomic mass is 10.1. The second kappa shape index (κ2) is 7.70. The lowest BCUT2D eigenvalue weighted by Gasteiger charge is -2.28. The fourth-order valence-corrected chi connectivity index (χ4v) is 4.02. The Morgan fingerprint density at radius 3 is 2.79 bits per heavy atom. The van der Waals surface area contributed by atoms with Gasteiger partial charge in [0.05, 0.1) is 22.1 Å². The molecule has 0 spiro atoms. The van der Waals surface area contributed by atoms with E-state index in [0.717, 1.165) is 24.6 Å². The highest BCUT2D eigenvalue weighted by Gasteiger charge is 2.38. The molecule has 1 saturated carbocycles. The smallest absolute Gasteiger partial charge is 0.284 e. The number of carbonyl (C=O) groups is 1. The predicted octanol–water partition coefficient (Wildman–Crippen LogP) is 3.83. The summed E-state index contributed by atoms with van der Waals surface area (Å²) in [5, 5.41) is 19.9. The zero-order chi connectivity index (χ0) is 20.5. The zero-order valence-corrected chi connectivity index (χ0v) is 16.7. The molecule has 9 nitrogen and oxygen atoms in total. The highest BCUT2D eigenvalue weighted by Crippen LogP contribution is 2.38. The third-order valence-corrected chi connectivity index (χ3v) is 5.94. The summed E-state index contributed by atoms with van der Waals surface area (Å²) in [5.41, 5.74) is 0.148. The number of amides is 1. The van der Waals surface area contributed by atoms with E-state index in [1.54, 1.807) is 41.0 Å². The van der Waals surface area contributed by atoms with Crippen molar-refractivity contribution in [1.29, 1.82) is 0 Å². The van der Waals surface area contributed by atoms with E-state index in [9.17, 15) is 14.9 Å². The second-order valence-corrected chi connectivity index (χ2v) is 7.91. The summed E-state index contributed by atoms with van der Waals surface area (Å²) in [4.78, 5) is 26.6. The first-order valence-corrected chi connectivity index (χ1v) is 9.93. The molecule has 0 bridgehead atoms. The van der Waals surface area contributed by atoms with E-state index in [1.165, 1.54) is 12.4 Å². The number of nitrogens with zero attached hydrogens (tertiary/aromatic N) is 5. The van der Waals surface area contributed by atoms with Gasteiger partial charge in [-0.2, -0.15) is 0 Å². The van der Waals surface area contributed by atoms with Crippen molar-refractivity contribution in [2.45, 2.75) is 41.9 Å². The Hall–Kier alpha value is -3.14. The van der Waals surface area contributed by atoms with E-state index >= 15 is 0 Å². The van der Waals surface area contributed by atoms with Crippen LogP contribution in [0, 0.1) is 10.1 Å². The van der Waals surface area contributed by atoms with Gasteiger partial charge in [-0.05, 0) is 55.8 Å². The van der Waals surface area contributed by atoms with Crippen LogP contribution in [-0.4, -0.2) is 36.5 Å². The van der Waals surface area contributed by atoms with Crippen LogP contribution in [0.3, 0.4) is 0 Å². The molecule has 1 aliphatic carbocycles. The van der Waals surface area contributed by atoms with Crippen molar-refractivity contribution in [3.8, 4) is 0 Å². The Morgan fingerprint density at radius 1 is 1.41 bits per heavy atom. The van der Waals surface area contributed by atoms with Crippen molar-refractivity contribution in [1.82, 2.24) is 19.7 Å². The predicted molar refractivity (Wildman–Crippen MR) is 105 cm³/mol. The van der Waals surface area contributed by atoms with Gasteiger partial charge in [0, 0.05) is 24.7 Å². The molecule has 1 atom stereocenters. The monoisotopic (exact) mass is 413 g/mol. The lowest BCUT2D eigenvalue weighted by Crippen LogP contribution is -2.35. The Labute approximate surface area is 170 Å². The standard InChI is InChI=1S/C19H19N5O4S/c1-12(16-4-3-9-28-16)23(14-6-7-14)18(25)13-5-8-17(15(10-13)24(26)27)29-19-21-20-11-22(19)2/h3-5,8-12,14H,6-7H2,1-2H3. The Kier molecular flexibility index (Phi) is 5.10. The van der Waals surface area contributed by atoms with Gasteiger partial charge in [0.25, 0.3) is 11.6 Å². The van der Waals surface area contributed by atoms with Gasteiger partial charge in [-0.25, -0.2) is 0 Å². The number of nitro groups is 1. The van der Waals surface area contributed by atoms with Gasteiger partial charge in [-0.1, -0.05) is 0 Å². The summed E-state index contributed by atoms with van der Waals surface area (Å²) in [6.45, 7) is 1.90. The minimum atomic E-state index is -0.479. The number of aromatic nitrogens is 3. The normalized spacial score (nSPS) is 14.6. The van der Waals surface area contributed by atoms with Crippen LogP contribution >= 0.6 is 11.8 Å². The molecular weight excluding hydrogens is 394 g/mol. The number of furan rings is 1. The molecule has 1 aliphatic rings. The van der Waals surface area contributed by atoms with Crippen molar-refractivity contribution in [2.75, 3.05) is 0 Å². The fraction of sp³-hybridized carbons (Fsp3) is 0.316. The molecular formula is C19H19N5O4S. The summed E-state index contributed by atoms with van der Waals surface area (Å²) < 4.78 is 7.14. The summed E-state index contributed by atoms with van der Waals surface area (Å²) in [6, 6.07) is 8.03. The van der Waals surface area contributed by atoms with Gasteiger partial charge in [0.15, 0.2) is 5.16 Å². The third kappa shape index (κ3) is 3.88. The molecule has 150 valence electrons. The molecule has 3 aromatic rings. The quantitative estimate of drug-likeness (QED) is 0.428. The molecule has 1 fully saturated rings. The Bertz CT molecular complexity index is 1040. The fourth-order valence-electron chi connectivity index (χ4n) is 3.17. The van der Waals surface area contributed by atoms with Gasteiger partial charge in [0.1, 0.15) is 12.1 Å². The first-order valence-electron chi connectivity index (χ1n) is 9.12. The van der Waals surface area contributed by atoms with E-state index in [-0.39, 0.29) is 29.2 Å². The lowest BCUT2D eigenvalue weighted by molar-refractivity contribution is -0.387. The van der Waals surface area contributed by atoms with E-state index in [2.05, 4.69) is 10.2 Å². The van der Waals surface area contributed by atoms with Crippen LogP contribution in [0.5, 0.6) is 0 Å². The number of hydrogen-bond donors (Lipinski definition) is 0. The highest BCUT2D eigenvalue weighted by atomic mass is 32.2. The molecule has 0 saturated heterocycles. The number of hydrogen-bond acceptors (Lipinski definition) is 7. The van der Waals surface area contributed by atoms with Crippen molar-refractivity contribution in [3.05, 3.63) is 64.4 Å². The SMILES string of the molecule is CC(c1ccco1)N(C(=O)c1ccc(Sc2nncn2C)c([N+](=O)[O-])c1)C1CC1. The summed E-state index contributed by atoms with van der Waals surface area (Å²) in [6.07, 6.45) is 4.93. The Balaban J connectivity index is 1.65. The molecule has 10 heteroatoms. The Morgan fingerprint density at radius 2 is 2.21 bits per heavy atom. The molecule has 0 N–H and O–H groups in total. The second-order valence-electron chi connectivity index (χ2n) is 6.90. The van der Waals surface area contributed by atoms with Crippen LogP contribution in [0.1, 0.15) is 41.9 Å². The number of nitro benzene ring substituents is 1. The number of carbonyl (C=O) groups excluding carboxylic acids is 1. The van der Waals surface area contributed by atoms with E-state index in [0.29, 0.717) is 15.8 Å². The molecule has 1 amide bonds. The van der Waals surface area contributed by atoms with Crippen LogP contribution in [0.25, 0.3) is 0 Å². The summed E-state index contributed by atoms with van der Waals surface area (Å²) >= 11 is 1.14. The van der Waals surface area contributed by atoms with Gasteiger partial charge in [0.2, 0.25) is 0 Å². The third-order valence-electron chi connectivity index (χ3n) is 4.82. The minimum Gasteiger partial charge on any atom is -0.467 e. The maximum Gasteiger partial charge on any atom is 0.284 e. The molecule has 1 unspecified atom stereocenters. The summed E-state index contributed by atoms with van der Waals surface area (Å²) in [5.74, 6) is 0.448. The van der Waals surface area contributed by atoms with Crippen molar-refractivity contribution < 1.29 is 14.1 Å². The van der Waals surface area contributed by atoms with Gasteiger partial charge in [-0.15, -0.1) is 10.2 Å². The number of rotatable bonds is 7. The van der Waals surface area contributed by atoms with E-state index < -0.39 is 4.92 Å². The highest BCUT2D eigenvalue weighted by molar-refractivity contribution is 7.99. The van der Waals surface area contributed by atoms with Crippen LogP contribution in [0.4, 0.5) is 5.69 Å². The van der Waals surface area contributed by atoms with Crippen molar-refractivity contribution in [2.24, 2.45) is 7.05 Å². The van der Waals surface area contributed by atoms with Gasteiger partial charge in [-0.3, -0.25) is 14.9 Å². The van der Waals surface area contributed by atoms with E-state index in [1.807, 2.05) is 13.0 Å². The molecule has 2 aromatic heterocycles. The maximum atomic E-state index is 13.2. The molecule has 0 radical (unpaired) electrons.